The first kappa shape index (κ1) is 14.1. The van der Waals surface area contributed by atoms with Gasteiger partial charge < -0.3 is 15.3 Å². The molecule has 2 aliphatic rings. The van der Waals surface area contributed by atoms with Crippen molar-refractivity contribution < 1.29 is 14.7 Å². The molecule has 1 amide bonds. The molecule has 2 N–H and O–H groups in total. The van der Waals surface area contributed by atoms with Gasteiger partial charge in [0.1, 0.15) is 0 Å². The predicted octanol–water partition coefficient (Wildman–Crippen LogP) is 1.69. The second kappa shape index (κ2) is 5.15. The van der Waals surface area contributed by atoms with Crippen LogP contribution in [0.2, 0.25) is 0 Å². The summed E-state index contributed by atoms with van der Waals surface area (Å²) in [6.07, 6.45) is 2.29. The minimum atomic E-state index is -0.756. The van der Waals surface area contributed by atoms with Crippen LogP contribution in [0.5, 0.6) is 0 Å². The molecule has 0 spiro atoms. The fraction of sp³-hybridized carbons (Fsp3) is 0.500. The molecule has 5 nitrogen and oxygen atoms in total. The number of carbonyl (C=O) groups excluding carboxylic acids is 1. The number of carboxylic acids is 1. The molecule has 1 saturated heterocycles. The average Bonchev–Trinajstić information content (AvgIpc) is 3.16. The Balaban J connectivity index is 1.65. The third-order valence-corrected chi connectivity index (χ3v) is 4.63. The molecule has 1 aliphatic heterocycles. The number of hydrogen-bond donors (Lipinski definition) is 2. The van der Waals surface area contributed by atoms with Crippen molar-refractivity contribution in [2.45, 2.75) is 24.7 Å². The number of carboxylic acid groups (broad SMARTS) is 1. The Morgan fingerprint density at radius 2 is 1.95 bits per heavy atom. The summed E-state index contributed by atoms with van der Waals surface area (Å²) in [6, 6.07) is 7.23. The molecule has 1 atom stereocenters. The molecular weight excluding hydrogens is 268 g/mol. The molecule has 1 aromatic carbocycles. The molecule has 21 heavy (non-hydrogen) atoms. The van der Waals surface area contributed by atoms with Crippen LogP contribution in [0.1, 0.15) is 24.8 Å². The highest BCUT2D eigenvalue weighted by Gasteiger charge is 2.51. The smallest absolute Gasteiger partial charge is 0.314 e. The number of nitrogens with zero attached hydrogens (tertiary/aromatic N) is 1. The molecule has 1 unspecified atom stereocenters. The van der Waals surface area contributed by atoms with Crippen LogP contribution >= 0.6 is 0 Å². The molecule has 3 rings (SSSR count). The van der Waals surface area contributed by atoms with E-state index in [1.807, 2.05) is 19.2 Å². The molecule has 0 radical (unpaired) electrons. The Kier molecular flexibility index (Phi) is 3.45. The van der Waals surface area contributed by atoms with E-state index >= 15 is 0 Å². The van der Waals surface area contributed by atoms with Gasteiger partial charge in [-0.25, -0.2) is 0 Å². The zero-order valence-corrected chi connectivity index (χ0v) is 12.1. The molecule has 0 bridgehead atoms. The predicted molar refractivity (Wildman–Crippen MR) is 79.2 cm³/mol. The van der Waals surface area contributed by atoms with Gasteiger partial charge in [0.2, 0.25) is 5.91 Å². The Morgan fingerprint density at radius 1 is 1.29 bits per heavy atom. The number of hydrogen-bond acceptors (Lipinski definition) is 3. The molecule has 1 aliphatic carbocycles. The van der Waals surface area contributed by atoms with E-state index in [9.17, 15) is 14.7 Å². The number of anilines is 1. The van der Waals surface area contributed by atoms with Crippen molar-refractivity contribution in [2.75, 3.05) is 25.5 Å². The van der Waals surface area contributed by atoms with E-state index in [-0.39, 0.29) is 11.8 Å². The van der Waals surface area contributed by atoms with Crippen molar-refractivity contribution in [3.05, 3.63) is 29.8 Å². The molecule has 1 heterocycles. The lowest BCUT2D eigenvalue weighted by Crippen LogP contribution is -2.25. The summed E-state index contributed by atoms with van der Waals surface area (Å²) >= 11 is 0. The van der Waals surface area contributed by atoms with Crippen molar-refractivity contribution in [3.63, 3.8) is 0 Å². The first-order valence-electron chi connectivity index (χ1n) is 7.35. The van der Waals surface area contributed by atoms with Crippen LogP contribution in [-0.4, -0.2) is 42.0 Å². The first-order chi connectivity index (χ1) is 10.0. The third-order valence-electron chi connectivity index (χ3n) is 4.63. The van der Waals surface area contributed by atoms with Gasteiger partial charge in [0.05, 0.1) is 11.3 Å². The van der Waals surface area contributed by atoms with Gasteiger partial charge in [-0.05, 0) is 50.6 Å². The summed E-state index contributed by atoms with van der Waals surface area (Å²) in [5.74, 6) is -0.664. The Morgan fingerprint density at radius 3 is 2.43 bits per heavy atom. The maximum atomic E-state index is 12.1. The maximum Gasteiger partial charge on any atom is 0.314 e. The topological polar surface area (TPSA) is 69.6 Å². The largest absolute Gasteiger partial charge is 0.481 e. The summed E-state index contributed by atoms with van der Waals surface area (Å²) in [6.45, 7) is 1.75. The number of carbonyl (C=O) groups is 2. The van der Waals surface area contributed by atoms with E-state index in [0.29, 0.717) is 12.8 Å². The minimum Gasteiger partial charge on any atom is -0.481 e. The van der Waals surface area contributed by atoms with Crippen LogP contribution < -0.4 is 5.32 Å². The highest BCUT2D eigenvalue weighted by Crippen LogP contribution is 2.48. The lowest BCUT2D eigenvalue weighted by molar-refractivity contribution is -0.140. The maximum absolute atomic E-state index is 12.1. The standard InChI is InChI=1S/C16H20N2O3/c1-18-9-6-11(10-18)14(19)17-13-4-2-12(3-5-13)16(7-8-16)15(20)21/h2-5,11H,6-10H2,1H3,(H,17,19)(H,20,21). The molecule has 5 heteroatoms. The second-order valence-corrected chi connectivity index (χ2v) is 6.20. The monoisotopic (exact) mass is 288 g/mol. The van der Waals surface area contributed by atoms with Crippen molar-refractivity contribution in [3.8, 4) is 0 Å². The summed E-state index contributed by atoms with van der Waals surface area (Å²) in [4.78, 5) is 25.6. The Labute approximate surface area is 123 Å². The van der Waals surface area contributed by atoms with Gasteiger partial charge in [0.15, 0.2) is 0 Å². The third kappa shape index (κ3) is 2.65. The SMILES string of the molecule is CN1CCC(C(=O)Nc2ccc(C3(C(=O)O)CC3)cc2)C1. The van der Waals surface area contributed by atoms with E-state index in [4.69, 9.17) is 0 Å². The van der Waals surface area contributed by atoms with Crippen molar-refractivity contribution in [1.29, 1.82) is 0 Å². The number of nitrogens with one attached hydrogen (secondary N) is 1. The van der Waals surface area contributed by atoms with E-state index in [1.165, 1.54) is 0 Å². The fourth-order valence-corrected chi connectivity index (χ4v) is 3.02. The Hall–Kier alpha value is -1.88. The molecule has 112 valence electrons. The van der Waals surface area contributed by atoms with Crippen LogP contribution in [0.3, 0.4) is 0 Å². The zero-order valence-electron chi connectivity index (χ0n) is 12.1. The van der Waals surface area contributed by atoms with Gasteiger partial charge in [-0.2, -0.15) is 0 Å². The van der Waals surface area contributed by atoms with Gasteiger partial charge in [-0.15, -0.1) is 0 Å². The van der Waals surface area contributed by atoms with Gasteiger partial charge in [-0.1, -0.05) is 12.1 Å². The van der Waals surface area contributed by atoms with Crippen LogP contribution in [0.4, 0.5) is 5.69 Å². The first-order valence-corrected chi connectivity index (χ1v) is 7.35. The van der Waals surface area contributed by atoms with Crippen LogP contribution in [0, 0.1) is 5.92 Å². The van der Waals surface area contributed by atoms with E-state index in [0.717, 1.165) is 30.8 Å². The van der Waals surface area contributed by atoms with Gasteiger partial charge in [0, 0.05) is 12.2 Å². The molecule has 0 aromatic heterocycles. The van der Waals surface area contributed by atoms with Gasteiger partial charge >= 0.3 is 5.97 Å². The summed E-state index contributed by atoms with van der Waals surface area (Å²) in [7, 11) is 2.02. The lowest BCUT2D eigenvalue weighted by atomic mass is 9.96. The number of rotatable bonds is 4. The highest BCUT2D eigenvalue weighted by molar-refractivity contribution is 5.93. The quantitative estimate of drug-likeness (QED) is 0.884. The average molecular weight is 288 g/mol. The second-order valence-electron chi connectivity index (χ2n) is 6.20. The van der Waals surface area contributed by atoms with Crippen molar-refractivity contribution in [1.82, 2.24) is 4.90 Å². The lowest BCUT2D eigenvalue weighted by Gasteiger charge is -2.13. The number of aliphatic carboxylic acids is 1. The summed E-state index contributed by atoms with van der Waals surface area (Å²) in [5, 5.41) is 12.2. The number of amides is 1. The normalized spacial score (nSPS) is 23.8. The van der Waals surface area contributed by atoms with Crippen LogP contribution in [-0.2, 0) is 15.0 Å². The van der Waals surface area contributed by atoms with Gasteiger partial charge in [-0.3, -0.25) is 9.59 Å². The fourth-order valence-electron chi connectivity index (χ4n) is 3.02. The number of benzene rings is 1. The summed E-state index contributed by atoms with van der Waals surface area (Å²) < 4.78 is 0. The molecule has 1 saturated carbocycles. The van der Waals surface area contributed by atoms with Crippen molar-refractivity contribution >= 4 is 17.6 Å². The van der Waals surface area contributed by atoms with Crippen LogP contribution in [0.25, 0.3) is 0 Å². The van der Waals surface area contributed by atoms with E-state index in [2.05, 4.69) is 10.2 Å². The summed E-state index contributed by atoms with van der Waals surface area (Å²) in [5.41, 5.74) is 0.879. The number of likely N-dealkylation sites (tertiary alicyclic amines) is 1. The molecule has 2 fully saturated rings. The Bertz CT molecular complexity index is 563. The zero-order chi connectivity index (χ0) is 15.0. The minimum absolute atomic E-state index is 0.0449. The van der Waals surface area contributed by atoms with E-state index < -0.39 is 11.4 Å². The molecular formula is C16H20N2O3. The molecule has 1 aromatic rings. The van der Waals surface area contributed by atoms with Gasteiger partial charge in [0.25, 0.3) is 0 Å². The van der Waals surface area contributed by atoms with E-state index in [1.54, 1.807) is 12.1 Å². The van der Waals surface area contributed by atoms with Crippen LogP contribution in [0.15, 0.2) is 24.3 Å². The highest BCUT2D eigenvalue weighted by atomic mass is 16.4. The van der Waals surface area contributed by atoms with Crippen molar-refractivity contribution in [2.24, 2.45) is 5.92 Å².